The van der Waals surface area contributed by atoms with Crippen molar-refractivity contribution in [2.75, 3.05) is 6.61 Å². The lowest BCUT2D eigenvalue weighted by molar-refractivity contribution is -0.157. The first kappa shape index (κ1) is 22.3. The highest BCUT2D eigenvalue weighted by molar-refractivity contribution is 7.94. The summed E-state index contributed by atoms with van der Waals surface area (Å²) < 4.78 is 35.1. The number of ketones is 1. The van der Waals surface area contributed by atoms with E-state index in [2.05, 4.69) is 0 Å². The van der Waals surface area contributed by atoms with Gasteiger partial charge in [-0.2, -0.15) is 0 Å². The van der Waals surface area contributed by atoms with Crippen LogP contribution in [0.2, 0.25) is 5.02 Å². The summed E-state index contributed by atoms with van der Waals surface area (Å²) in [5.41, 5.74) is 0.532. The number of hydrogen-bond acceptors (Lipinski definition) is 6. The van der Waals surface area contributed by atoms with E-state index in [1.54, 1.807) is 45.0 Å². The number of carbonyl (C=O) groups excluding carboxylic acids is 2. The lowest BCUT2D eigenvalue weighted by Gasteiger charge is -2.20. The highest BCUT2D eigenvalue weighted by Gasteiger charge is 2.51. The molecule has 1 aliphatic heterocycles. The molecular formula is C22H23ClO6S. The molecule has 0 amide bonds. The van der Waals surface area contributed by atoms with Gasteiger partial charge in [-0.15, -0.1) is 0 Å². The van der Waals surface area contributed by atoms with E-state index in [9.17, 15) is 18.0 Å². The number of hydrogen-bond donors (Lipinski definition) is 0. The quantitative estimate of drug-likeness (QED) is 0.638. The van der Waals surface area contributed by atoms with Crippen molar-refractivity contribution in [2.24, 2.45) is 0 Å². The Morgan fingerprint density at radius 3 is 2.37 bits per heavy atom. The normalized spacial score (nSPS) is 16.8. The molecule has 8 heteroatoms. The van der Waals surface area contributed by atoms with Gasteiger partial charge in [0.1, 0.15) is 16.1 Å². The third-order valence-corrected chi connectivity index (χ3v) is 7.43. The van der Waals surface area contributed by atoms with Crippen molar-refractivity contribution in [3.05, 3.63) is 47.0 Å². The Kier molecular flexibility index (Phi) is 5.50. The Bertz CT molecular complexity index is 1140. The molecule has 1 aliphatic rings. The SMILES string of the molecule is CC(C)(C)OC(=O)COc1ccc(Cl)cc1-c1ccc2c(c1)S(=O)(=O)C(C)(C)C2=O. The first-order chi connectivity index (χ1) is 13.7. The molecule has 2 aromatic rings. The predicted molar refractivity (Wildman–Crippen MR) is 114 cm³/mol. The first-order valence-corrected chi connectivity index (χ1v) is 11.2. The molecule has 0 N–H and O–H groups in total. The molecule has 0 aliphatic carbocycles. The van der Waals surface area contributed by atoms with Crippen molar-refractivity contribution in [3.8, 4) is 16.9 Å². The maximum absolute atomic E-state index is 12.9. The molecule has 0 aromatic heterocycles. The van der Waals surface area contributed by atoms with Gasteiger partial charge in [-0.25, -0.2) is 13.2 Å². The Hall–Kier alpha value is -2.38. The van der Waals surface area contributed by atoms with Crippen molar-refractivity contribution in [1.82, 2.24) is 0 Å². The maximum atomic E-state index is 12.9. The van der Waals surface area contributed by atoms with E-state index < -0.39 is 31.9 Å². The molecule has 0 bridgehead atoms. The molecule has 0 saturated heterocycles. The second-order valence-corrected chi connectivity index (χ2v) is 11.5. The van der Waals surface area contributed by atoms with Gasteiger partial charge in [-0.1, -0.05) is 17.7 Å². The van der Waals surface area contributed by atoms with E-state index >= 15 is 0 Å². The van der Waals surface area contributed by atoms with E-state index in [4.69, 9.17) is 21.1 Å². The summed E-state index contributed by atoms with van der Waals surface area (Å²) >= 11 is 6.14. The number of Topliss-reactive ketones (excluding diaryl/α,β-unsaturated/α-hetero) is 1. The molecule has 0 unspecified atom stereocenters. The van der Waals surface area contributed by atoms with Gasteiger partial charge in [0.2, 0.25) is 0 Å². The van der Waals surface area contributed by atoms with Crippen LogP contribution in [0.15, 0.2) is 41.3 Å². The Balaban J connectivity index is 1.99. The Morgan fingerprint density at radius 1 is 1.07 bits per heavy atom. The summed E-state index contributed by atoms with van der Waals surface area (Å²) in [5, 5.41) is 0.411. The molecule has 0 saturated carbocycles. The fourth-order valence-corrected chi connectivity index (χ4v) is 4.99. The van der Waals surface area contributed by atoms with Crippen LogP contribution in [0.1, 0.15) is 45.0 Å². The molecule has 160 valence electrons. The lowest BCUT2D eigenvalue weighted by atomic mass is 9.97. The fourth-order valence-electron chi connectivity index (χ4n) is 3.18. The van der Waals surface area contributed by atoms with Gasteiger partial charge >= 0.3 is 5.97 Å². The highest BCUT2D eigenvalue weighted by atomic mass is 35.5. The van der Waals surface area contributed by atoms with Crippen LogP contribution in [-0.2, 0) is 19.4 Å². The summed E-state index contributed by atoms with van der Waals surface area (Å²) in [4.78, 5) is 24.5. The number of benzene rings is 2. The van der Waals surface area contributed by atoms with Crippen LogP contribution in [0, 0.1) is 0 Å². The predicted octanol–water partition coefficient (Wildman–Crippen LogP) is 4.48. The zero-order chi connectivity index (χ0) is 22.5. The minimum Gasteiger partial charge on any atom is -0.481 e. The van der Waals surface area contributed by atoms with Crippen LogP contribution in [-0.4, -0.2) is 37.1 Å². The lowest BCUT2D eigenvalue weighted by Crippen LogP contribution is -2.33. The number of esters is 1. The van der Waals surface area contributed by atoms with Crippen LogP contribution in [0.25, 0.3) is 11.1 Å². The standard InChI is InChI=1S/C22H23ClO6S/c1-21(2,3)29-19(24)12-28-17-9-7-14(23)11-16(17)13-6-8-15-18(10-13)30(26,27)22(4,5)20(15)25/h6-11H,12H2,1-5H3. The monoisotopic (exact) mass is 450 g/mol. The third kappa shape index (κ3) is 3.96. The second-order valence-electron chi connectivity index (χ2n) is 8.57. The molecule has 1 heterocycles. The van der Waals surface area contributed by atoms with Gasteiger partial charge in [0.25, 0.3) is 0 Å². The molecule has 0 fully saturated rings. The van der Waals surface area contributed by atoms with Crippen LogP contribution in [0.3, 0.4) is 0 Å². The number of halogens is 1. The summed E-state index contributed by atoms with van der Waals surface area (Å²) in [5.74, 6) is -0.630. The van der Waals surface area contributed by atoms with Gasteiger partial charge in [0, 0.05) is 16.1 Å². The van der Waals surface area contributed by atoms with Crippen LogP contribution in [0.4, 0.5) is 0 Å². The summed E-state index contributed by atoms with van der Waals surface area (Å²) in [6.07, 6.45) is 0. The van der Waals surface area contributed by atoms with Crippen LogP contribution in [0.5, 0.6) is 5.75 Å². The van der Waals surface area contributed by atoms with E-state index in [0.29, 0.717) is 21.9 Å². The van der Waals surface area contributed by atoms with Gasteiger partial charge in [0.05, 0.1) is 4.90 Å². The molecule has 2 aromatic carbocycles. The van der Waals surface area contributed by atoms with Crippen LogP contribution >= 0.6 is 11.6 Å². The summed E-state index contributed by atoms with van der Waals surface area (Å²) in [6.45, 7) is 7.75. The van der Waals surface area contributed by atoms with Gasteiger partial charge in [-0.05, 0) is 70.5 Å². The molecule has 3 rings (SSSR count). The minimum atomic E-state index is -3.83. The zero-order valence-corrected chi connectivity index (χ0v) is 19.0. The van der Waals surface area contributed by atoms with Gasteiger partial charge < -0.3 is 9.47 Å². The van der Waals surface area contributed by atoms with E-state index in [0.717, 1.165) is 0 Å². The molecule has 6 nitrogen and oxygen atoms in total. The second kappa shape index (κ2) is 7.39. The van der Waals surface area contributed by atoms with E-state index in [1.165, 1.54) is 26.0 Å². The topological polar surface area (TPSA) is 86.7 Å². The maximum Gasteiger partial charge on any atom is 0.344 e. The minimum absolute atomic E-state index is 0.0203. The third-order valence-electron chi connectivity index (χ3n) is 4.75. The van der Waals surface area contributed by atoms with Crippen molar-refractivity contribution < 1.29 is 27.5 Å². The Labute approximate surface area is 181 Å². The first-order valence-electron chi connectivity index (χ1n) is 9.32. The largest absolute Gasteiger partial charge is 0.481 e. The fraction of sp³-hybridized carbons (Fsp3) is 0.364. The molecule has 0 atom stereocenters. The van der Waals surface area contributed by atoms with E-state index in [-0.39, 0.29) is 17.1 Å². The number of ether oxygens (including phenoxy) is 2. The summed E-state index contributed by atoms with van der Waals surface area (Å²) in [6, 6.07) is 9.40. The highest BCUT2D eigenvalue weighted by Crippen LogP contribution is 2.42. The van der Waals surface area contributed by atoms with Gasteiger partial charge in [-0.3, -0.25) is 4.79 Å². The number of carbonyl (C=O) groups is 2. The van der Waals surface area contributed by atoms with Crippen molar-refractivity contribution >= 4 is 33.2 Å². The van der Waals surface area contributed by atoms with E-state index in [1.807, 2.05) is 0 Å². The average Bonchev–Trinajstić information content (AvgIpc) is 2.76. The molecule has 0 radical (unpaired) electrons. The number of sulfone groups is 1. The Morgan fingerprint density at radius 2 is 1.73 bits per heavy atom. The average molecular weight is 451 g/mol. The molecule has 30 heavy (non-hydrogen) atoms. The zero-order valence-electron chi connectivity index (χ0n) is 17.4. The number of rotatable bonds is 4. The van der Waals surface area contributed by atoms with Crippen molar-refractivity contribution in [3.63, 3.8) is 0 Å². The van der Waals surface area contributed by atoms with Crippen LogP contribution < -0.4 is 4.74 Å². The smallest absolute Gasteiger partial charge is 0.344 e. The molecule has 0 spiro atoms. The van der Waals surface area contributed by atoms with Crippen molar-refractivity contribution in [1.29, 1.82) is 0 Å². The molecular weight excluding hydrogens is 428 g/mol. The van der Waals surface area contributed by atoms with Crippen molar-refractivity contribution in [2.45, 2.75) is 49.9 Å². The number of fused-ring (bicyclic) bond motifs is 1. The summed E-state index contributed by atoms with van der Waals surface area (Å²) in [7, 11) is -3.83. The van der Waals surface area contributed by atoms with Gasteiger partial charge in [0.15, 0.2) is 22.2 Å².